The van der Waals surface area contributed by atoms with Crippen molar-refractivity contribution in [1.82, 2.24) is 20.5 Å². The van der Waals surface area contributed by atoms with Crippen molar-refractivity contribution >= 4 is 5.95 Å². The topological polar surface area (TPSA) is 77.1 Å². The van der Waals surface area contributed by atoms with Gasteiger partial charge in [0.15, 0.2) is 5.82 Å². The van der Waals surface area contributed by atoms with Gasteiger partial charge in [0.1, 0.15) is 11.6 Å². The Morgan fingerprint density at radius 3 is 3.05 bits per heavy atom. The molecule has 0 spiro atoms. The van der Waals surface area contributed by atoms with Crippen molar-refractivity contribution in [3.8, 4) is 17.1 Å². The Kier molecular flexibility index (Phi) is 3.27. The summed E-state index contributed by atoms with van der Waals surface area (Å²) in [5.74, 6) is 0.393. The molecule has 2 aromatic rings. The molecule has 1 atom stereocenters. The van der Waals surface area contributed by atoms with Crippen molar-refractivity contribution < 1.29 is 9.50 Å². The molecule has 1 aliphatic heterocycles. The summed E-state index contributed by atoms with van der Waals surface area (Å²) >= 11 is 0. The molecule has 106 valence electrons. The van der Waals surface area contributed by atoms with Crippen molar-refractivity contribution in [3.05, 3.63) is 24.0 Å². The zero-order chi connectivity index (χ0) is 14.1. The molecule has 2 heterocycles. The molecule has 1 aromatic heterocycles. The van der Waals surface area contributed by atoms with Crippen LogP contribution in [-0.2, 0) is 0 Å². The molecule has 0 unspecified atom stereocenters. The van der Waals surface area contributed by atoms with Gasteiger partial charge in [-0.2, -0.15) is 4.98 Å². The van der Waals surface area contributed by atoms with Gasteiger partial charge >= 0.3 is 0 Å². The van der Waals surface area contributed by atoms with Crippen LogP contribution in [0.25, 0.3) is 11.4 Å². The fourth-order valence-corrected chi connectivity index (χ4v) is 2.33. The molecule has 3 rings (SSSR count). The molecule has 0 saturated carbocycles. The van der Waals surface area contributed by atoms with Crippen LogP contribution >= 0.6 is 0 Å². The first-order valence-electron chi connectivity index (χ1n) is 6.53. The number of halogens is 1. The van der Waals surface area contributed by atoms with Crippen LogP contribution in [0.2, 0.25) is 0 Å². The van der Waals surface area contributed by atoms with E-state index in [2.05, 4.69) is 32.3 Å². The lowest BCUT2D eigenvalue weighted by molar-refractivity contribution is 0.470. The van der Waals surface area contributed by atoms with E-state index in [9.17, 15) is 9.50 Å². The molecule has 1 fully saturated rings. The Labute approximate surface area is 115 Å². The molecule has 0 amide bonds. The van der Waals surface area contributed by atoms with Crippen molar-refractivity contribution in [2.24, 2.45) is 0 Å². The van der Waals surface area contributed by atoms with Crippen molar-refractivity contribution in [3.63, 3.8) is 0 Å². The van der Waals surface area contributed by atoms with E-state index in [-0.39, 0.29) is 5.75 Å². The smallest absolute Gasteiger partial charge is 0.245 e. The van der Waals surface area contributed by atoms with Crippen LogP contribution in [0.3, 0.4) is 0 Å². The van der Waals surface area contributed by atoms with Gasteiger partial charge < -0.3 is 15.3 Å². The van der Waals surface area contributed by atoms with E-state index in [0.717, 1.165) is 25.7 Å². The minimum absolute atomic E-state index is 0.152. The normalized spacial score (nSPS) is 19.3. The molecular weight excluding hydrogens is 261 g/mol. The SMILES string of the molecule is C[C@@H]1CN(c2n[nH]c(-c3ccc(F)cc3O)n2)CCN1. The summed E-state index contributed by atoms with van der Waals surface area (Å²) in [5, 5.41) is 20.1. The molecule has 20 heavy (non-hydrogen) atoms. The number of hydrogen-bond acceptors (Lipinski definition) is 5. The molecule has 6 nitrogen and oxygen atoms in total. The molecule has 1 aliphatic rings. The third-order valence-corrected chi connectivity index (χ3v) is 3.34. The summed E-state index contributed by atoms with van der Waals surface area (Å²) in [7, 11) is 0. The number of anilines is 1. The number of phenols is 1. The highest BCUT2D eigenvalue weighted by atomic mass is 19.1. The standard InChI is InChI=1S/C13H16FN5O/c1-8-7-19(5-4-15-8)13-16-12(17-18-13)10-3-2-9(14)6-11(10)20/h2-3,6,8,15,20H,4-5,7H2,1H3,(H,16,17,18)/t8-/m1/s1. The van der Waals surface area contributed by atoms with Crippen LogP contribution in [0, 0.1) is 5.82 Å². The summed E-state index contributed by atoms with van der Waals surface area (Å²) in [5.41, 5.74) is 0.438. The number of hydrogen-bond donors (Lipinski definition) is 3. The maximum absolute atomic E-state index is 13.0. The lowest BCUT2D eigenvalue weighted by atomic mass is 10.2. The van der Waals surface area contributed by atoms with Crippen LogP contribution < -0.4 is 10.2 Å². The van der Waals surface area contributed by atoms with E-state index < -0.39 is 5.82 Å². The van der Waals surface area contributed by atoms with E-state index in [4.69, 9.17) is 0 Å². The zero-order valence-corrected chi connectivity index (χ0v) is 11.1. The van der Waals surface area contributed by atoms with Crippen LogP contribution in [-0.4, -0.2) is 46.0 Å². The van der Waals surface area contributed by atoms with Crippen molar-refractivity contribution in [2.75, 3.05) is 24.5 Å². The molecule has 0 aliphatic carbocycles. The number of aromatic hydroxyl groups is 1. The molecular formula is C13H16FN5O. The largest absolute Gasteiger partial charge is 0.507 e. The van der Waals surface area contributed by atoms with E-state index >= 15 is 0 Å². The monoisotopic (exact) mass is 277 g/mol. The van der Waals surface area contributed by atoms with Crippen LogP contribution in [0.1, 0.15) is 6.92 Å². The summed E-state index contributed by atoms with van der Waals surface area (Å²) in [6, 6.07) is 4.20. The number of nitrogens with zero attached hydrogens (tertiary/aromatic N) is 3. The fourth-order valence-electron chi connectivity index (χ4n) is 2.33. The molecule has 3 N–H and O–H groups in total. The summed E-state index contributed by atoms with van der Waals surface area (Å²) in [6.07, 6.45) is 0. The first-order valence-corrected chi connectivity index (χ1v) is 6.53. The van der Waals surface area contributed by atoms with E-state index in [1.54, 1.807) is 0 Å². The lowest BCUT2D eigenvalue weighted by Gasteiger charge is -2.30. The fraction of sp³-hybridized carbons (Fsp3) is 0.385. The molecule has 1 saturated heterocycles. The van der Waals surface area contributed by atoms with Gasteiger partial charge in [-0.3, -0.25) is 5.10 Å². The summed E-state index contributed by atoms with van der Waals surface area (Å²) in [6.45, 7) is 4.64. The van der Waals surface area contributed by atoms with Gasteiger partial charge in [0.05, 0.1) is 5.56 Å². The molecule has 0 bridgehead atoms. The Hall–Kier alpha value is -2.15. The predicted octanol–water partition coefficient (Wildman–Crippen LogP) is 1.11. The molecule has 7 heteroatoms. The number of rotatable bonds is 2. The first-order chi connectivity index (χ1) is 9.63. The molecule has 0 radical (unpaired) electrons. The Bertz CT molecular complexity index is 615. The number of H-pyrrole nitrogens is 1. The maximum Gasteiger partial charge on any atom is 0.245 e. The minimum Gasteiger partial charge on any atom is -0.507 e. The van der Waals surface area contributed by atoms with Gasteiger partial charge in [0, 0.05) is 31.7 Å². The third kappa shape index (κ3) is 2.44. The number of nitrogens with one attached hydrogen (secondary N) is 2. The van der Waals surface area contributed by atoms with Gasteiger partial charge in [0.2, 0.25) is 5.95 Å². The third-order valence-electron chi connectivity index (χ3n) is 3.34. The number of piperazine rings is 1. The average molecular weight is 277 g/mol. The quantitative estimate of drug-likeness (QED) is 0.766. The zero-order valence-electron chi connectivity index (χ0n) is 11.1. The lowest BCUT2D eigenvalue weighted by Crippen LogP contribution is -2.49. The summed E-state index contributed by atoms with van der Waals surface area (Å²) in [4.78, 5) is 6.45. The van der Waals surface area contributed by atoms with E-state index in [1.807, 2.05) is 0 Å². The van der Waals surface area contributed by atoms with Gasteiger partial charge in [-0.15, -0.1) is 5.10 Å². The predicted molar refractivity (Wildman–Crippen MR) is 73.1 cm³/mol. The molecule has 1 aromatic carbocycles. The van der Waals surface area contributed by atoms with E-state index in [1.165, 1.54) is 12.1 Å². The second-order valence-electron chi connectivity index (χ2n) is 4.95. The van der Waals surface area contributed by atoms with E-state index in [0.29, 0.717) is 23.4 Å². The van der Waals surface area contributed by atoms with Crippen molar-refractivity contribution in [1.29, 1.82) is 0 Å². The number of aromatic nitrogens is 3. The maximum atomic E-state index is 13.0. The van der Waals surface area contributed by atoms with Crippen LogP contribution in [0.15, 0.2) is 18.2 Å². The minimum atomic E-state index is -0.484. The highest BCUT2D eigenvalue weighted by Crippen LogP contribution is 2.28. The first kappa shape index (κ1) is 12.9. The van der Waals surface area contributed by atoms with Gasteiger partial charge in [-0.25, -0.2) is 4.39 Å². The Morgan fingerprint density at radius 2 is 2.30 bits per heavy atom. The summed E-state index contributed by atoms with van der Waals surface area (Å²) < 4.78 is 13.0. The van der Waals surface area contributed by atoms with Gasteiger partial charge in [-0.1, -0.05) is 0 Å². The van der Waals surface area contributed by atoms with Gasteiger partial charge in [-0.05, 0) is 19.1 Å². The highest BCUT2D eigenvalue weighted by Gasteiger charge is 2.20. The van der Waals surface area contributed by atoms with Gasteiger partial charge in [0.25, 0.3) is 0 Å². The highest BCUT2D eigenvalue weighted by molar-refractivity contribution is 5.64. The number of phenolic OH excluding ortho intramolecular Hbond substituents is 1. The Balaban J connectivity index is 1.86. The van der Waals surface area contributed by atoms with Crippen LogP contribution in [0.4, 0.5) is 10.3 Å². The average Bonchev–Trinajstić information content (AvgIpc) is 2.88. The Morgan fingerprint density at radius 1 is 1.45 bits per heavy atom. The number of aromatic amines is 1. The van der Waals surface area contributed by atoms with Crippen LogP contribution in [0.5, 0.6) is 5.75 Å². The second kappa shape index (κ2) is 5.09. The van der Waals surface area contributed by atoms with Crippen molar-refractivity contribution in [2.45, 2.75) is 13.0 Å². The number of benzene rings is 1. The second-order valence-corrected chi connectivity index (χ2v) is 4.95.